The third kappa shape index (κ3) is 4.57. The maximum Gasteiger partial charge on any atom is 0.333 e. The average Bonchev–Trinajstić information content (AvgIpc) is 3.21. The van der Waals surface area contributed by atoms with E-state index in [0.29, 0.717) is 19.3 Å². The Morgan fingerprint density at radius 3 is 2.41 bits per heavy atom. The van der Waals surface area contributed by atoms with E-state index in [9.17, 15) is 23.1 Å². The molecule has 0 spiro atoms. The van der Waals surface area contributed by atoms with Gasteiger partial charge in [0.1, 0.15) is 11.9 Å². The first-order valence-electron chi connectivity index (χ1n) is 13.6. The van der Waals surface area contributed by atoms with Crippen LogP contribution in [0.2, 0.25) is 0 Å². The fourth-order valence-corrected chi connectivity index (χ4v) is 8.66. The summed E-state index contributed by atoms with van der Waals surface area (Å²) in [4.78, 5) is 26.5. The van der Waals surface area contributed by atoms with Gasteiger partial charge in [-0.15, -0.1) is 0 Å². The van der Waals surface area contributed by atoms with Crippen molar-refractivity contribution in [2.45, 2.75) is 97.2 Å². The summed E-state index contributed by atoms with van der Waals surface area (Å²) in [6.45, 7) is 11.5. The number of esters is 1. The number of ketones is 1. The number of carbonyl (C=O) groups is 2. The second kappa shape index (κ2) is 9.76. The zero-order chi connectivity index (χ0) is 27.4. The molecule has 2 bridgehead atoms. The number of hydrogen-bond acceptors (Lipinski definition) is 7. The van der Waals surface area contributed by atoms with Crippen LogP contribution in [0.4, 0.5) is 0 Å². The molecule has 206 valence electrons. The summed E-state index contributed by atoms with van der Waals surface area (Å²) >= 11 is 0. The smallest absolute Gasteiger partial charge is 0.333 e. The highest BCUT2D eigenvalue weighted by atomic mass is 32.2. The normalized spacial score (nSPS) is 40.0. The van der Waals surface area contributed by atoms with Gasteiger partial charge in [-0.2, -0.15) is 8.42 Å². The van der Waals surface area contributed by atoms with Crippen LogP contribution >= 0.6 is 0 Å². The number of aliphatic hydroxyl groups is 1. The molecule has 0 radical (unpaired) electrons. The second-order valence-corrected chi connectivity index (χ2v) is 14.0. The fraction of sp³-hybridized carbons (Fsp3) is 0.724. The van der Waals surface area contributed by atoms with Gasteiger partial charge in [-0.05, 0) is 73.8 Å². The van der Waals surface area contributed by atoms with Crippen molar-refractivity contribution < 1.29 is 32.0 Å². The van der Waals surface area contributed by atoms with Crippen molar-refractivity contribution in [3.63, 3.8) is 0 Å². The maximum atomic E-state index is 13.5. The van der Waals surface area contributed by atoms with E-state index in [0.717, 1.165) is 24.8 Å². The zero-order valence-corrected chi connectivity index (χ0v) is 23.8. The first-order valence-corrected chi connectivity index (χ1v) is 15.0. The summed E-state index contributed by atoms with van der Waals surface area (Å²) in [6, 6.07) is 6.21. The number of aryl methyl sites for hydroxylation is 1. The summed E-state index contributed by atoms with van der Waals surface area (Å²) < 4.78 is 36.4. The van der Waals surface area contributed by atoms with Gasteiger partial charge in [0.25, 0.3) is 10.1 Å². The van der Waals surface area contributed by atoms with Crippen molar-refractivity contribution in [1.82, 2.24) is 0 Å². The second-order valence-electron chi connectivity index (χ2n) is 12.4. The summed E-state index contributed by atoms with van der Waals surface area (Å²) in [7, 11) is -4.13. The number of Topliss-reactive ketones (excluding diaryl/α,β-unsaturated/α-hetero) is 1. The van der Waals surface area contributed by atoms with Crippen molar-refractivity contribution in [3.05, 3.63) is 29.8 Å². The Hall–Kier alpha value is -1.77. The number of ether oxygens (including phenoxy) is 1. The van der Waals surface area contributed by atoms with Crippen molar-refractivity contribution in [2.75, 3.05) is 6.61 Å². The Labute approximate surface area is 221 Å². The summed E-state index contributed by atoms with van der Waals surface area (Å²) in [5.41, 5.74) is -0.570. The van der Waals surface area contributed by atoms with Gasteiger partial charge in [0, 0.05) is 17.8 Å². The van der Waals surface area contributed by atoms with Gasteiger partial charge in [0.15, 0.2) is 6.61 Å². The lowest BCUT2D eigenvalue weighted by molar-refractivity contribution is -0.212. The Morgan fingerprint density at radius 1 is 1.14 bits per heavy atom. The van der Waals surface area contributed by atoms with Gasteiger partial charge in [0.05, 0.1) is 11.0 Å². The minimum Gasteiger partial charge on any atom is -0.460 e. The number of carbonyl (C=O) groups excluding carboxylic acids is 2. The Bertz CT molecular complexity index is 1150. The van der Waals surface area contributed by atoms with Crippen LogP contribution in [0.1, 0.15) is 78.7 Å². The van der Waals surface area contributed by atoms with E-state index in [1.807, 2.05) is 20.8 Å². The highest BCUT2D eigenvalue weighted by Crippen LogP contribution is 2.68. The lowest BCUT2D eigenvalue weighted by Crippen LogP contribution is -2.63. The van der Waals surface area contributed by atoms with Crippen LogP contribution in [0.5, 0.6) is 0 Å². The van der Waals surface area contributed by atoms with Gasteiger partial charge < -0.3 is 9.84 Å². The van der Waals surface area contributed by atoms with Crippen LogP contribution in [-0.2, 0) is 28.6 Å². The lowest BCUT2D eigenvalue weighted by atomic mass is 9.43. The predicted molar refractivity (Wildman–Crippen MR) is 139 cm³/mol. The molecule has 7 nitrogen and oxygen atoms in total. The third-order valence-electron chi connectivity index (χ3n) is 10.6. The Kier molecular flexibility index (Phi) is 7.45. The number of rotatable bonds is 6. The van der Waals surface area contributed by atoms with E-state index in [1.54, 1.807) is 12.1 Å². The summed E-state index contributed by atoms with van der Waals surface area (Å²) in [6.07, 6.45) is 2.75. The molecule has 0 amide bonds. The number of aliphatic hydroxyl groups excluding tert-OH is 1. The van der Waals surface area contributed by atoms with Gasteiger partial charge in [0.2, 0.25) is 0 Å². The summed E-state index contributed by atoms with van der Waals surface area (Å²) in [5, 5.41) is 11.6. The van der Waals surface area contributed by atoms with E-state index >= 15 is 0 Å². The van der Waals surface area contributed by atoms with Crippen molar-refractivity contribution in [2.24, 2.45) is 34.0 Å². The molecule has 3 aliphatic rings. The molecule has 1 aromatic rings. The van der Waals surface area contributed by atoms with Crippen LogP contribution in [0.25, 0.3) is 0 Å². The minimum atomic E-state index is -4.13. The first-order chi connectivity index (χ1) is 17.2. The van der Waals surface area contributed by atoms with E-state index < -0.39 is 45.7 Å². The quantitative estimate of drug-likeness (QED) is 0.411. The Balaban J connectivity index is 1.65. The largest absolute Gasteiger partial charge is 0.460 e. The van der Waals surface area contributed by atoms with Crippen molar-refractivity contribution in [3.8, 4) is 0 Å². The van der Waals surface area contributed by atoms with Crippen LogP contribution < -0.4 is 0 Å². The molecule has 3 aliphatic carbocycles. The molecule has 1 aromatic carbocycles. The predicted octanol–water partition coefficient (Wildman–Crippen LogP) is 4.83. The monoisotopic (exact) mass is 534 g/mol. The van der Waals surface area contributed by atoms with E-state index in [2.05, 4.69) is 20.8 Å². The van der Waals surface area contributed by atoms with E-state index in [-0.39, 0.29) is 33.8 Å². The number of hydrogen-bond donors (Lipinski definition) is 1. The van der Waals surface area contributed by atoms with Gasteiger partial charge in [-0.3, -0.25) is 8.98 Å². The lowest BCUT2D eigenvalue weighted by Gasteiger charge is -2.62. The molecule has 4 rings (SSSR count). The molecule has 2 unspecified atom stereocenters. The maximum absolute atomic E-state index is 13.5. The highest BCUT2D eigenvalue weighted by Gasteiger charge is 2.68. The Morgan fingerprint density at radius 2 is 1.78 bits per heavy atom. The van der Waals surface area contributed by atoms with Gasteiger partial charge >= 0.3 is 5.97 Å². The average molecular weight is 535 g/mol. The molecular weight excluding hydrogens is 492 g/mol. The molecule has 0 aromatic heterocycles. The molecule has 3 saturated carbocycles. The van der Waals surface area contributed by atoms with Crippen LogP contribution in [0.15, 0.2) is 29.2 Å². The standard InChI is InChI=1S/C29H42O7S/c1-7-27(5)16-23(36-24(31)17-35-37(33,34)21-10-8-18(2)9-11-21)28(6)19(3)12-14-29(20(4)26(27)32)15-13-22(30)25(28)29/h8-11,19-20,23,25-26,32H,7,12-17H2,1-6H3/t19-,20+,23-,25+,26+,27-,28?,29?/m1/s1. The molecule has 37 heavy (non-hydrogen) atoms. The minimum absolute atomic E-state index is 0.0262. The molecule has 1 N–H and O–H groups in total. The molecule has 8 atom stereocenters. The van der Waals surface area contributed by atoms with Gasteiger partial charge in [-0.25, -0.2) is 4.79 Å². The summed E-state index contributed by atoms with van der Waals surface area (Å²) in [5.74, 6) is -0.846. The van der Waals surface area contributed by atoms with Crippen LogP contribution in [0.3, 0.4) is 0 Å². The fourth-order valence-electron chi connectivity index (χ4n) is 7.80. The van der Waals surface area contributed by atoms with Crippen molar-refractivity contribution in [1.29, 1.82) is 0 Å². The van der Waals surface area contributed by atoms with Gasteiger partial charge in [-0.1, -0.05) is 52.3 Å². The highest BCUT2D eigenvalue weighted by molar-refractivity contribution is 7.86. The van der Waals surface area contributed by atoms with Crippen LogP contribution in [0, 0.1) is 40.9 Å². The van der Waals surface area contributed by atoms with E-state index in [1.165, 1.54) is 12.1 Å². The molecule has 8 heteroatoms. The SMILES string of the molecule is CC[C@]1(C)C[C@@H](OC(=O)COS(=O)(=O)c2ccc(C)cc2)C2(C)[C@H](C)CCC3(CCC(=O)[C@H]32)[C@@H](C)[C@@H]1O. The van der Waals surface area contributed by atoms with E-state index in [4.69, 9.17) is 8.92 Å². The molecule has 3 fully saturated rings. The molecule has 0 aliphatic heterocycles. The molecule has 0 saturated heterocycles. The zero-order valence-electron chi connectivity index (χ0n) is 23.0. The third-order valence-corrected chi connectivity index (χ3v) is 11.9. The van der Waals surface area contributed by atoms with Crippen LogP contribution in [-0.4, -0.2) is 44.1 Å². The van der Waals surface area contributed by atoms with Crippen molar-refractivity contribution >= 4 is 21.9 Å². The topological polar surface area (TPSA) is 107 Å². The first kappa shape index (κ1) is 28.2. The number of benzene rings is 1. The molecule has 0 heterocycles. The molecular formula is C29H42O7S.